The first kappa shape index (κ1) is 15.1. The molecule has 0 spiro atoms. The maximum atomic E-state index is 11.8. The van der Waals surface area contributed by atoms with Crippen molar-refractivity contribution in [3.05, 3.63) is 47.2 Å². The number of benzene rings is 1. The molecule has 0 fully saturated rings. The van der Waals surface area contributed by atoms with E-state index in [9.17, 15) is 9.90 Å². The summed E-state index contributed by atoms with van der Waals surface area (Å²) in [5.41, 5.74) is 2.27. The fourth-order valence-corrected chi connectivity index (χ4v) is 1.79. The molecule has 1 aromatic heterocycles. The quantitative estimate of drug-likeness (QED) is 0.807. The van der Waals surface area contributed by atoms with E-state index in [0.717, 1.165) is 17.0 Å². The van der Waals surface area contributed by atoms with Gasteiger partial charge in [0.05, 0.1) is 18.3 Å². The molecule has 0 aliphatic heterocycles. The molecule has 21 heavy (non-hydrogen) atoms. The van der Waals surface area contributed by atoms with E-state index in [1.54, 1.807) is 31.2 Å². The Morgan fingerprint density at radius 2 is 2.00 bits per heavy atom. The van der Waals surface area contributed by atoms with Gasteiger partial charge < -0.3 is 20.2 Å². The van der Waals surface area contributed by atoms with Crippen LogP contribution in [0.2, 0.25) is 0 Å². The lowest BCUT2D eigenvalue weighted by Gasteiger charge is -2.08. The zero-order valence-electron chi connectivity index (χ0n) is 12.3. The maximum absolute atomic E-state index is 11.8. The highest BCUT2D eigenvalue weighted by molar-refractivity contribution is 5.89. The molecule has 2 aromatic rings. The molecule has 1 aromatic carbocycles. The van der Waals surface area contributed by atoms with E-state index < -0.39 is 6.10 Å². The lowest BCUT2D eigenvalue weighted by atomic mass is 10.1. The van der Waals surface area contributed by atoms with Crippen LogP contribution in [0.1, 0.15) is 35.9 Å². The Morgan fingerprint density at radius 3 is 2.52 bits per heavy atom. The van der Waals surface area contributed by atoms with Crippen molar-refractivity contribution in [3.63, 3.8) is 0 Å². The van der Waals surface area contributed by atoms with E-state index >= 15 is 0 Å². The molecule has 0 saturated heterocycles. The van der Waals surface area contributed by atoms with Gasteiger partial charge in [0, 0.05) is 5.69 Å². The first-order valence-corrected chi connectivity index (χ1v) is 6.71. The zero-order valence-corrected chi connectivity index (χ0v) is 12.3. The second-order valence-corrected chi connectivity index (χ2v) is 4.85. The second-order valence-electron chi connectivity index (χ2n) is 4.85. The number of urea groups is 1. The van der Waals surface area contributed by atoms with Gasteiger partial charge in [-0.05, 0) is 38.5 Å². The Labute approximate surface area is 123 Å². The summed E-state index contributed by atoms with van der Waals surface area (Å²) in [6.45, 7) is 5.60. The predicted molar refractivity (Wildman–Crippen MR) is 78.9 cm³/mol. The average molecular weight is 289 g/mol. The van der Waals surface area contributed by atoms with E-state index in [2.05, 4.69) is 15.6 Å². The average Bonchev–Trinajstić information content (AvgIpc) is 2.76. The highest BCUT2D eigenvalue weighted by Gasteiger charge is 2.08. The number of aliphatic hydroxyl groups excluding tert-OH is 1. The van der Waals surface area contributed by atoms with Gasteiger partial charge in [0.2, 0.25) is 5.89 Å². The molecule has 0 saturated carbocycles. The van der Waals surface area contributed by atoms with Crippen molar-refractivity contribution in [3.8, 4) is 0 Å². The third kappa shape index (κ3) is 4.06. The summed E-state index contributed by atoms with van der Waals surface area (Å²) < 4.78 is 5.38. The lowest BCUT2D eigenvalue weighted by molar-refractivity contribution is 0.199. The Morgan fingerprint density at radius 1 is 1.33 bits per heavy atom. The van der Waals surface area contributed by atoms with Crippen molar-refractivity contribution in [2.24, 2.45) is 0 Å². The van der Waals surface area contributed by atoms with Crippen LogP contribution >= 0.6 is 0 Å². The summed E-state index contributed by atoms with van der Waals surface area (Å²) in [5, 5.41) is 14.8. The molecule has 1 unspecified atom stereocenters. The number of nitrogens with one attached hydrogen (secondary N) is 2. The smallest absolute Gasteiger partial charge is 0.319 e. The van der Waals surface area contributed by atoms with Crippen LogP contribution in [0, 0.1) is 13.8 Å². The number of hydrogen-bond acceptors (Lipinski definition) is 4. The van der Waals surface area contributed by atoms with Crippen molar-refractivity contribution in [2.75, 3.05) is 5.32 Å². The van der Waals surface area contributed by atoms with Crippen LogP contribution in [0.25, 0.3) is 0 Å². The number of aryl methyl sites for hydroxylation is 2. The number of amides is 2. The van der Waals surface area contributed by atoms with Crippen molar-refractivity contribution >= 4 is 11.7 Å². The number of carbonyl (C=O) groups excluding carboxylic acids is 1. The van der Waals surface area contributed by atoms with Gasteiger partial charge in [0.15, 0.2) is 0 Å². The largest absolute Gasteiger partial charge is 0.444 e. The summed E-state index contributed by atoms with van der Waals surface area (Å²) in [6, 6.07) is 6.66. The minimum atomic E-state index is -0.524. The van der Waals surface area contributed by atoms with Crippen molar-refractivity contribution in [1.29, 1.82) is 0 Å². The molecule has 0 bridgehead atoms. The highest BCUT2D eigenvalue weighted by atomic mass is 16.4. The van der Waals surface area contributed by atoms with Gasteiger partial charge in [0.25, 0.3) is 0 Å². The summed E-state index contributed by atoms with van der Waals surface area (Å²) in [7, 11) is 0. The van der Waals surface area contributed by atoms with Crippen LogP contribution in [0.15, 0.2) is 28.7 Å². The lowest BCUT2D eigenvalue weighted by Crippen LogP contribution is -2.28. The summed E-state index contributed by atoms with van der Waals surface area (Å²) in [6.07, 6.45) is -0.524. The molecule has 1 heterocycles. The predicted octanol–water partition coefficient (Wildman–Crippen LogP) is 2.67. The van der Waals surface area contributed by atoms with Crippen LogP contribution in [0.3, 0.4) is 0 Å². The minimum Gasteiger partial charge on any atom is -0.444 e. The molecule has 6 nitrogen and oxygen atoms in total. The summed E-state index contributed by atoms with van der Waals surface area (Å²) in [5.74, 6) is 1.23. The number of aromatic nitrogens is 1. The highest BCUT2D eigenvalue weighted by Crippen LogP contribution is 2.15. The van der Waals surface area contributed by atoms with E-state index in [1.807, 2.05) is 13.8 Å². The normalized spacial score (nSPS) is 12.0. The third-order valence-corrected chi connectivity index (χ3v) is 3.12. The Kier molecular flexibility index (Phi) is 4.59. The Balaban J connectivity index is 1.86. The van der Waals surface area contributed by atoms with Crippen LogP contribution in [0.5, 0.6) is 0 Å². The number of rotatable bonds is 4. The van der Waals surface area contributed by atoms with Gasteiger partial charge in [-0.1, -0.05) is 12.1 Å². The third-order valence-electron chi connectivity index (χ3n) is 3.12. The molecule has 0 aliphatic carbocycles. The fourth-order valence-electron chi connectivity index (χ4n) is 1.79. The fraction of sp³-hybridized carbons (Fsp3) is 0.333. The first-order valence-electron chi connectivity index (χ1n) is 6.71. The van der Waals surface area contributed by atoms with Crippen LogP contribution < -0.4 is 10.6 Å². The van der Waals surface area contributed by atoms with Crippen LogP contribution in [0.4, 0.5) is 10.5 Å². The molecule has 6 heteroatoms. The standard InChI is InChI=1S/C15H19N3O3/c1-9-11(3)21-14(17-9)8-16-15(20)18-13-6-4-12(5-7-13)10(2)19/h4-7,10,19H,8H2,1-3H3,(H2,16,18,20). The topological polar surface area (TPSA) is 87.4 Å². The van der Waals surface area contributed by atoms with E-state index in [1.165, 1.54) is 0 Å². The number of aliphatic hydroxyl groups is 1. The van der Waals surface area contributed by atoms with Crippen molar-refractivity contribution in [1.82, 2.24) is 10.3 Å². The maximum Gasteiger partial charge on any atom is 0.319 e. The summed E-state index contributed by atoms with van der Waals surface area (Å²) in [4.78, 5) is 15.9. The Hall–Kier alpha value is -2.34. The number of anilines is 1. The van der Waals surface area contributed by atoms with Gasteiger partial charge in [0.1, 0.15) is 5.76 Å². The molecule has 1 atom stereocenters. The first-order chi connectivity index (χ1) is 9.95. The molecular formula is C15H19N3O3. The number of oxazole rings is 1. The molecule has 0 radical (unpaired) electrons. The summed E-state index contributed by atoms with van der Waals surface area (Å²) >= 11 is 0. The van der Waals surface area contributed by atoms with Crippen LogP contribution in [-0.2, 0) is 6.54 Å². The molecular weight excluding hydrogens is 270 g/mol. The van der Waals surface area contributed by atoms with Crippen molar-refractivity contribution < 1.29 is 14.3 Å². The molecule has 2 rings (SSSR count). The Bertz CT molecular complexity index is 598. The van der Waals surface area contributed by atoms with E-state index in [4.69, 9.17) is 4.42 Å². The van der Waals surface area contributed by atoms with Gasteiger partial charge in [-0.25, -0.2) is 9.78 Å². The molecule has 0 aliphatic rings. The molecule has 2 amide bonds. The second kappa shape index (κ2) is 6.41. The number of carbonyl (C=O) groups is 1. The van der Waals surface area contributed by atoms with Crippen molar-refractivity contribution in [2.45, 2.75) is 33.4 Å². The minimum absolute atomic E-state index is 0.228. The molecule has 112 valence electrons. The number of nitrogens with zero attached hydrogens (tertiary/aromatic N) is 1. The monoisotopic (exact) mass is 289 g/mol. The van der Waals surface area contributed by atoms with Gasteiger partial charge in [-0.2, -0.15) is 0 Å². The number of hydrogen-bond donors (Lipinski definition) is 3. The van der Waals surface area contributed by atoms with Gasteiger partial charge in [-0.3, -0.25) is 0 Å². The van der Waals surface area contributed by atoms with E-state index in [-0.39, 0.29) is 12.6 Å². The molecule has 3 N–H and O–H groups in total. The van der Waals surface area contributed by atoms with Gasteiger partial charge in [-0.15, -0.1) is 0 Å². The van der Waals surface area contributed by atoms with E-state index in [0.29, 0.717) is 11.6 Å². The van der Waals surface area contributed by atoms with Gasteiger partial charge >= 0.3 is 6.03 Å². The van der Waals surface area contributed by atoms with Crippen LogP contribution in [-0.4, -0.2) is 16.1 Å². The zero-order chi connectivity index (χ0) is 15.4. The SMILES string of the molecule is Cc1nc(CNC(=O)Nc2ccc(C(C)O)cc2)oc1C.